The quantitative estimate of drug-likeness (QED) is 0.661. The minimum Gasteiger partial charge on any atom is -0.493 e. The van der Waals surface area contributed by atoms with Crippen molar-refractivity contribution in [1.82, 2.24) is 9.78 Å². The highest BCUT2D eigenvalue weighted by Gasteiger charge is 2.18. The molecule has 1 heterocycles. The van der Waals surface area contributed by atoms with E-state index in [0.29, 0.717) is 24.6 Å². The van der Waals surface area contributed by atoms with Crippen molar-refractivity contribution in [2.24, 2.45) is 0 Å². The number of hydrogen-bond donors (Lipinski definition) is 0. The summed E-state index contributed by atoms with van der Waals surface area (Å²) in [6, 6.07) is 0. The number of methoxy groups -OCH3 is 1. The lowest BCUT2D eigenvalue weighted by Gasteiger charge is -2.07. The number of carbonyl (C=O) groups excluding carboxylic acids is 1. The number of rotatable bonds is 7. The van der Waals surface area contributed by atoms with Gasteiger partial charge in [0, 0.05) is 13.2 Å². The second kappa shape index (κ2) is 6.27. The number of ketones is 1. The Hall–Kier alpha value is -1.36. The Morgan fingerprint density at radius 3 is 2.81 bits per heavy atom. The van der Waals surface area contributed by atoms with Gasteiger partial charge in [0.25, 0.3) is 0 Å². The summed E-state index contributed by atoms with van der Waals surface area (Å²) < 4.78 is 11.9. The number of carbonyl (C=O) groups is 1. The highest BCUT2D eigenvalue weighted by molar-refractivity contribution is 5.98. The molecule has 1 aromatic heterocycles. The zero-order chi connectivity index (χ0) is 12.0. The number of hydrogen-bond acceptors (Lipinski definition) is 4. The molecule has 16 heavy (non-hydrogen) atoms. The molecule has 0 radical (unpaired) electrons. The molecule has 90 valence electrons. The smallest absolute Gasteiger partial charge is 0.210 e. The van der Waals surface area contributed by atoms with Crippen molar-refractivity contribution >= 4 is 5.78 Å². The molecular formula is C11H18N2O3. The standard InChI is InChI=1S/C11H18N2O3/c1-4-6-13-11(9(14)8-16-5-2)10(15-3)7-12-13/h7H,4-6,8H2,1-3H3. The summed E-state index contributed by atoms with van der Waals surface area (Å²) in [4.78, 5) is 11.9. The molecule has 0 aliphatic heterocycles. The molecule has 0 bridgehead atoms. The van der Waals surface area contributed by atoms with Crippen LogP contribution < -0.4 is 4.74 Å². The van der Waals surface area contributed by atoms with Crippen LogP contribution >= 0.6 is 0 Å². The Morgan fingerprint density at radius 1 is 1.50 bits per heavy atom. The summed E-state index contributed by atoms with van der Waals surface area (Å²) in [5.41, 5.74) is 0.498. The fourth-order valence-corrected chi connectivity index (χ4v) is 1.44. The summed E-state index contributed by atoms with van der Waals surface area (Å²) in [5.74, 6) is 0.419. The molecule has 0 fully saturated rings. The first-order valence-corrected chi connectivity index (χ1v) is 5.45. The van der Waals surface area contributed by atoms with E-state index in [-0.39, 0.29) is 12.4 Å². The van der Waals surface area contributed by atoms with Gasteiger partial charge < -0.3 is 9.47 Å². The zero-order valence-electron chi connectivity index (χ0n) is 10.0. The average molecular weight is 226 g/mol. The molecule has 5 nitrogen and oxygen atoms in total. The van der Waals surface area contributed by atoms with Crippen LogP contribution in [-0.4, -0.2) is 35.9 Å². The van der Waals surface area contributed by atoms with Crippen molar-refractivity contribution in [3.63, 3.8) is 0 Å². The van der Waals surface area contributed by atoms with Crippen LogP contribution in [0.3, 0.4) is 0 Å². The van der Waals surface area contributed by atoms with Crippen LogP contribution in [0, 0.1) is 0 Å². The maximum absolute atomic E-state index is 11.9. The Balaban J connectivity index is 2.88. The highest BCUT2D eigenvalue weighted by Crippen LogP contribution is 2.18. The van der Waals surface area contributed by atoms with E-state index in [1.165, 1.54) is 7.11 Å². The SMILES string of the molecule is CCCn1ncc(OC)c1C(=O)COCC. The lowest BCUT2D eigenvalue weighted by atomic mass is 10.2. The molecule has 0 aliphatic carbocycles. The molecule has 0 atom stereocenters. The average Bonchev–Trinajstić information content (AvgIpc) is 2.69. The van der Waals surface area contributed by atoms with Crippen molar-refractivity contribution in [1.29, 1.82) is 0 Å². The lowest BCUT2D eigenvalue weighted by molar-refractivity contribution is 0.0769. The lowest BCUT2D eigenvalue weighted by Crippen LogP contribution is -2.16. The second-order valence-corrected chi connectivity index (χ2v) is 3.35. The fourth-order valence-electron chi connectivity index (χ4n) is 1.44. The van der Waals surface area contributed by atoms with E-state index in [4.69, 9.17) is 9.47 Å². The fraction of sp³-hybridized carbons (Fsp3) is 0.636. The van der Waals surface area contributed by atoms with Crippen molar-refractivity contribution in [3.05, 3.63) is 11.9 Å². The summed E-state index contributed by atoms with van der Waals surface area (Å²) >= 11 is 0. The van der Waals surface area contributed by atoms with Crippen LogP contribution in [0.1, 0.15) is 30.8 Å². The van der Waals surface area contributed by atoms with E-state index in [9.17, 15) is 4.79 Å². The van der Waals surface area contributed by atoms with Gasteiger partial charge in [-0.15, -0.1) is 0 Å². The third-order valence-corrected chi connectivity index (χ3v) is 2.16. The van der Waals surface area contributed by atoms with Gasteiger partial charge >= 0.3 is 0 Å². The molecule has 1 rings (SSSR count). The van der Waals surface area contributed by atoms with Gasteiger partial charge in [-0.05, 0) is 13.3 Å². The third kappa shape index (κ3) is 2.82. The van der Waals surface area contributed by atoms with E-state index in [1.54, 1.807) is 10.9 Å². The molecule has 0 amide bonds. The first-order valence-electron chi connectivity index (χ1n) is 5.45. The molecule has 0 aliphatic rings. The number of ether oxygens (including phenoxy) is 2. The predicted molar refractivity (Wildman–Crippen MR) is 59.9 cm³/mol. The molecule has 0 saturated carbocycles. The van der Waals surface area contributed by atoms with Gasteiger partial charge in [-0.25, -0.2) is 0 Å². The third-order valence-electron chi connectivity index (χ3n) is 2.16. The van der Waals surface area contributed by atoms with Gasteiger partial charge in [0.15, 0.2) is 5.75 Å². The molecular weight excluding hydrogens is 208 g/mol. The normalized spacial score (nSPS) is 10.4. The van der Waals surface area contributed by atoms with Crippen molar-refractivity contribution in [2.45, 2.75) is 26.8 Å². The maximum Gasteiger partial charge on any atom is 0.210 e. The number of Topliss-reactive ketones (excluding diaryl/α,β-unsaturated/α-hetero) is 1. The summed E-state index contributed by atoms with van der Waals surface area (Å²) in [7, 11) is 1.53. The molecule has 1 aromatic rings. The first-order chi connectivity index (χ1) is 7.74. The molecule has 0 unspecified atom stereocenters. The monoisotopic (exact) mass is 226 g/mol. The Morgan fingerprint density at radius 2 is 2.25 bits per heavy atom. The first kappa shape index (κ1) is 12.7. The largest absolute Gasteiger partial charge is 0.493 e. The zero-order valence-corrected chi connectivity index (χ0v) is 10.0. The van der Waals surface area contributed by atoms with Crippen LogP contribution in [0.5, 0.6) is 5.75 Å². The predicted octanol–water partition coefficient (Wildman–Crippen LogP) is 1.52. The molecule has 0 spiro atoms. The second-order valence-electron chi connectivity index (χ2n) is 3.35. The van der Waals surface area contributed by atoms with E-state index >= 15 is 0 Å². The van der Waals surface area contributed by atoms with Gasteiger partial charge in [-0.2, -0.15) is 5.10 Å². The van der Waals surface area contributed by atoms with Crippen molar-refractivity contribution in [2.75, 3.05) is 20.3 Å². The molecule has 0 N–H and O–H groups in total. The van der Waals surface area contributed by atoms with E-state index in [1.807, 2.05) is 13.8 Å². The van der Waals surface area contributed by atoms with E-state index < -0.39 is 0 Å². The highest BCUT2D eigenvalue weighted by atomic mass is 16.5. The maximum atomic E-state index is 11.9. The Labute approximate surface area is 95.3 Å². The topological polar surface area (TPSA) is 53.4 Å². The van der Waals surface area contributed by atoms with Crippen molar-refractivity contribution < 1.29 is 14.3 Å². The van der Waals surface area contributed by atoms with Crippen LogP contribution in [0.2, 0.25) is 0 Å². The van der Waals surface area contributed by atoms with Gasteiger partial charge in [0.1, 0.15) is 12.3 Å². The van der Waals surface area contributed by atoms with Gasteiger partial charge in [-0.1, -0.05) is 6.92 Å². The van der Waals surface area contributed by atoms with Crippen LogP contribution in [0.4, 0.5) is 0 Å². The van der Waals surface area contributed by atoms with Crippen LogP contribution in [0.15, 0.2) is 6.20 Å². The minimum absolute atomic E-state index is 0.0717. The van der Waals surface area contributed by atoms with Gasteiger partial charge in [-0.3, -0.25) is 9.48 Å². The van der Waals surface area contributed by atoms with E-state index in [0.717, 1.165) is 6.42 Å². The summed E-state index contributed by atoms with van der Waals surface area (Å²) in [6.45, 7) is 5.19. The van der Waals surface area contributed by atoms with Crippen molar-refractivity contribution in [3.8, 4) is 5.75 Å². The molecule has 0 saturated heterocycles. The van der Waals surface area contributed by atoms with Gasteiger partial charge in [0.05, 0.1) is 13.3 Å². The Kier molecular flexibility index (Phi) is 4.98. The number of aromatic nitrogens is 2. The summed E-state index contributed by atoms with van der Waals surface area (Å²) in [6.07, 6.45) is 2.48. The van der Waals surface area contributed by atoms with Gasteiger partial charge in [0.2, 0.25) is 5.78 Å². The Bertz CT molecular complexity index is 347. The minimum atomic E-state index is -0.0929. The number of nitrogens with zero attached hydrogens (tertiary/aromatic N) is 2. The number of aryl methyl sites for hydroxylation is 1. The molecule has 0 aromatic carbocycles. The van der Waals surface area contributed by atoms with Crippen LogP contribution in [-0.2, 0) is 11.3 Å². The van der Waals surface area contributed by atoms with E-state index in [2.05, 4.69) is 5.10 Å². The molecule has 5 heteroatoms. The summed E-state index contributed by atoms with van der Waals surface area (Å²) in [5, 5.41) is 4.12. The van der Waals surface area contributed by atoms with Crippen LogP contribution in [0.25, 0.3) is 0 Å².